The molecule has 3 heterocycles. The molecule has 33 heavy (non-hydrogen) atoms. The summed E-state index contributed by atoms with van der Waals surface area (Å²) in [6.45, 7) is 1.46. The van der Waals surface area contributed by atoms with Gasteiger partial charge in [0, 0.05) is 25.0 Å². The number of nitrogens with one attached hydrogen (secondary N) is 2. The van der Waals surface area contributed by atoms with Gasteiger partial charge >= 0.3 is 0 Å². The number of furan rings is 1. The molecule has 0 fully saturated rings. The number of hydrogen-bond acceptors (Lipinski definition) is 8. The number of thiazole rings is 1. The summed E-state index contributed by atoms with van der Waals surface area (Å²) in [5, 5.41) is 16.1. The highest BCUT2D eigenvalue weighted by atomic mass is 32.2. The standard InChI is InChI=1S/C22H18N6O3S2/c1-12(29)23-14-7-8-15-18(10-14)33-21(24-15)25-19(30)11-32-22-27-26-20(28(22)2)17-9-13-5-3-4-6-16(13)31-17/h3-10H,11H2,1-2H3,(H,23,29)(H,24,25,30). The largest absolute Gasteiger partial charge is 0.453 e. The molecule has 2 aromatic carbocycles. The Labute approximate surface area is 196 Å². The highest BCUT2D eigenvalue weighted by Crippen LogP contribution is 2.30. The molecule has 0 bridgehead atoms. The molecule has 0 saturated carbocycles. The second-order valence-electron chi connectivity index (χ2n) is 7.23. The fourth-order valence-electron chi connectivity index (χ4n) is 3.29. The molecule has 11 heteroatoms. The maximum Gasteiger partial charge on any atom is 0.236 e. The van der Waals surface area contributed by atoms with Gasteiger partial charge in [-0.15, -0.1) is 10.2 Å². The Morgan fingerprint density at radius 1 is 1.12 bits per heavy atom. The smallest absolute Gasteiger partial charge is 0.236 e. The number of rotatable bonds is 6. The fraction of sp³-hybridized carbons (Fsp3) is 0.136. The molecule has 2 N–H and O–H groups in total. The van der Waals surface area contributed by atoms with Gasteiger partial charge in [-0.25, -0.2) is 4.98 Å². The number of anilines is 2. The van der Waals surface area contributed by atoms with Crippen LogP contribution in [0.5, 0.6) is 0 Å². The van der Waals surface area contributed by atoms with Crippen LogP contribution in [0, 0.1) is 0 Å². The van der Waals surface area contributed by atoms with E-state index >= 15 is 0 Å². The number of amides is 2. The molecular formula is C22H18N6O3S2. The molecule has 3 aromatic heterocycles. The van der Waals surface area contributed by atoms with Crippen LogP contribution in [0.1, 0.15) is 6.92 Å². The first kappa shape index (κ1) is 21.2. The average Bonchev–Trinajstić information content (AvgIpc) is 3.47. The van der Waals surface area contributed by atoms with E-state index in [2.05, 4.69) is 25.8 Å². The van der Waals surface area contributed by atoms with E-state index in [9.17, 15) is 9.59 Å². The third-order valence-corrected chi connectivity index (χ3v) is 6.72. The number of aromatic nitrogens is 4. The summed E-state index contributed by atoms with van der Waals surface area (Å²) in [5.74, 6) is 1.02. The summed E-state index contributed by atoms with van der Waals surface area (Å²) in [5.41, 5.74) is 2.22. The molecule has 0 aliphatic rings. The summed E-state index contributed by atoms with van der Waals surface area (Å²) in [7, 11) is 1.84. The second kappa shape index (κ2) is 8.68. The van der Waals surface area contributed by atoms with Gasteiger partial charge in [0.15, 0.2) is 21.9 Å². The molecule has 0 unspecified atom stereocenters. The van der Waals surface area contributed by atoms with Gasteiger partial charge in [0.1, 0.15) is 5.58 Å². The molecule has 9 nitrogen and oxygen atoms in total. The maximum absolute atomic E-state index is 12.5. The number of carbonyl (C=O) groups excluding carboxylic acids is 2. The van der Waals surface area contributed by atoms with Crippen LogP contribution in [0.25, 0.3) is 32.8 Å². The Balaban J connectivity index is 1.24. The first-order valence-corrected chi connectivity index (χ1v) is 11.8. The number of carbonyl (C=O) groups is 2. The van der Waals surface area contributed by atoms with Crippen molar-refractivity contribution >= 4 is 66.9 Å². The van der Waals surface area contributed by atoms with Crippen molar-refractivity contribution in [3.05, 3.63) is 48.5 Å². The number of para-hydroxylation sites is 1. The number of hydrogen-bond donors (Lipinski definition) is 2. The van der Waals surface area contributed by atoms with Gasteiger partial charge in [0.05, 0.1) is 16.0 Å². The molecule has 2 amide bonds. The summed E-state index contributed by atoms with van der Waals surface area (Å²) in [6.07, 6.45) is 0. The first-order valence-electron chi connectivity index (χ1n) is 9.95. The molecule has 5 aromatic rings. The highest BCUT2D eigenvalue weighted by molar-refractivity contribution is 7.99. The van der Waals surface area contributed by atoms with Crippen LogP contribution in [-0.2, 0) is 16.6 Å². The van der Waals surface area contributed by atoms with Crippen LogP contribution in [-0.4, -0.2) is 37.3 Å². The van der Waals surface area contributed by atoms with Crippen molar-refractivity contribution < 1.29 is 14.0 Å². The van der Waals surface area contributed by atoms with E-state index in [4.69, 9.17) is 4.42 Å². The maximum atomic E-state index is 12.5. The zero-order valence-electron chi connectivity index (χ0n) is 17.7. The van der Waals surface area contributed by atoms with E-state index in [1.165, 1.54) is 30.0 Å². The van der Waals surface area contributed by atoms with E-state index in [0.717, 1.165) is 21.2 Å². The first-order chi connectivity index (χ1) is 16.0. The summed E-state index contributed by atoms with van der Waals surface area (Å²) in [6, 6.07) is 15.1. The van der Waals surface area contributed by atoms with Crippen LogP contribution < -0.4 is 10.6 Å². The van der Waals surface area contributed by atoms with Gasteiger partial charge in [0.2, 0.25) is 11.8 Å². The lowest BCUT2D eigenvalue weighted by molar-refractivity contribution is -0.114. The molecule has 0 saturated heterocycles. The van der Waals surface area contributed by atoms with Crippen molar-refractivity contribution in [3.8, 4) is 11.6 Å². The fourth-order valence-corrected chi connectivity index (χ4v) is 4.92. The Morgan fingerprint density at radius 2 is 1.97 bits per heavy atom. The van der Waals surface area contributed by atoms with Crippen LogP contribution in [0.3, 0.4) is 0 Å². The predicted molar refractivity (Wildman–Crippen MR) is 129 cm³/mol. The second-order valence-corrected chi connectivity index (χ2v) is 9.21. The Morgan fingerprint density at radius 3 is 2.79 bits per heavy atom. The lowest BCUT2D eigenvalue weighted by Crippen LogP contribution is -2.14. The van der Waals surface area contributed by atoms with Crippen molar-refractivity contribution in [2.75, 3.05) is 16.4 Å². The molecule has 0 atom stereocenters. The normalized spacial score (nSPS) is 11.2. The minimum atomic E-state index is -0.200. The molecule has 0 aliphatic heterocycles. The van der Waals surface area contributed by atoms with E-state index in [-0.39, 0.29) is 17.6 Å². The van der Waals surface area contributed by atoms with E-state index in [1.54, 1.807) is 16.7 Å². The van der Waals surface area contributed by atoms with Crippen LogP contribution in [0.4, 0.5) is 10.8 Å². The van der Waals surface area contributed by atoms with Crippen molar-refractivity contribution in [3.63, 3.8) is 0 Å². The van der Waals surface area contributed by atoms with Gasteiger partial charge < -0.3 is 19.6 Å². The van der Waals surface area contributed by atoms with Gasteiger partial charge in [-0.1, -0.05) is 41.3 Å². The predicted octanol–water partition coefficient (Wildman–Crippen LogP) is 4.53. The van der Waals surface area contributed by atoms with E-state index in [0.29, 0.717) is 27.6 Å². The van der Waals surface area contributed by atoms with Crippen LogP contribution >= 0.6 is 23.1 Å². The lowest BCUT2D eigenvalue weighted by Gasteiger charge is -2.02. The van der Waals surface area contributed by atoms with Gasteiger partial charge in [0.25, 0.3) is 0 Å². The van der Waals surface area contributed by atoms with Crippen molar-refractivity contribution in [1.82, 2.24) is 19.7 Å². The summed E-state index contributed by atoms with van der Waals surface area (Å²) in [4.78, 5) is 28.1. The number of fused-ring (bicyclic) bond motifs is 2. The van der Waals surface area contributed by atoms with Gasteiger partial charge in [-0.05, 0) is 30.3 Å². The molecule has 5 rings (SSSR count). The average molecular weight is 479 g/mol. The van der Waals surface area contributed by atoms with Gasteiger partial charge in [-0.2, -0.15) is 0 Å². The minimum Gasteiger partial charge on any atom is -0.453 e. The van der Waals surface area contributed by atoms with Crippen molar-refractivity contribution in [2.45, 2.75) is 12.1 Å². The Kier molecular flexibility index (Phi) is 5.56. The lowest BCUT2D eigenvalue weighted by atomic mass is 10.2. The van der Waals surface area contributed by atoms with Crippen LogP contribution in [0.2, 0.25) is 0 Å². The third-order valence-electron chi connectivity index (χ3n) is 4.77. The SMILES string of the molecule is CC(=O)Nc1ccc2nc(NC(=O)CSc3nnc(-c4cc5ccccc5o4)n3C)sc2c1. The van der Waals surface area contributed by atoms with Crippen LogP contribution in [0.15, 0.2) is 58.1 Å². The Hall–Kier alpha value is -3.70. The quantitative estimate of drug-likeness (QED) is 0.345. The van der Waals surface area contributed by atoms with E-state index < -0.39 is 0 Å². The summed E-state index contributed by atoms with van der Waals surface area (Å²) < 4.78 is 8.54. The molecule has 0 aliphatic carbocycles. The zero-order valence-corrected chi connectivity index (χ0v) is 19.3. The van der Waals surface area contributed by atoms with Crippen molar-refractivity contribution in [2.24, 2.45) is 7.05 Å². The molecule has 166 valence electrons. The number of nitrogens with zero attached hydrogens (tertiary/aromatic N) is 4. The molecule has 0 spiro atoms. The highest BCUT2D eigenvalue weighted by Gasteiger charge is 2.17. The number of benzene rings is 2. The third kappa shape index (κ3) is 4.45. The minimum absolute atomic E-state index is 0.142. The molecule has 0 radical (unpaired) electrons. The Bertz CT molecular complexity index is 1470. The zero-order chi connectivity index (χ0) is 22.9. The van der Waals surface area contributed by atoms with Crippen molar-refractivity contribution in [1.29, 1.82) is 0 Å². The number of thioether (sulfide) groups is 1. The summed E-state index contributed by atoms with van der Waals surface area (Å²) >= 11 is 2.62. The molecular weight excluding hydrogens is 460 g/mol. The van der Waals surface area contributed by atoms with Gasteiger partial charge in [-0.3, -0.25) is 9.59 Å². The monoisotopic (exact) mass is 478 g/mol. The van der Waals surface area contributed by atoms with E-state index in [1.807, 2.05) is 43.4 Å². The topological polar surface area (TPSA) is 115 Å².